The summed E-state index contributed by atoms with van der Waals surface area (Å²) in [4.78, 5) is 8.12. The second-order valence-corrected chi connectivity index (χ2v) is 3.99. The first-order chi connectivity index (χ1) is 7.65. The van der Waals surface area contributed by atoms with Crippen LogP contribution in [0.4, 0.5) is 0 Å². The Morgan fingerprint density at radius 1 is 1.50 bits per heavy atom. The zero-order valence-electron chi connectivity index (χ0n) is 10.0. The molecule has 4 nitrogen and oxygen atoms in total. The van der Waals surface area contributed by atoms with Gasteiger partial charge in [0.2, 0.25) is 0 Å². The molecular weight excluding hydrogens is 202 g/mol. The van der Waals surface area contributed by atoms with Crippen molar-refractivity contribution in [2.45, 2.75) is 33.6 Å². The Kier molecular flexibility index (Phi) is 4.71. The summed E-state index contributed by atoms with van der Waals surface area (Å²) in [5.41, 5.74) is 1.11. The molecule has 0 aliphatic rings. The van der Waals surface area contributed by atoms with E-state index in [1.54, 1.807) is 6.07 Å². The molecule has 0 fully saturated rings. The average molecular weight is 219 g/mol. The van der Waals surface area contributed by atoms with Crippen molar-refractivity contribution in [2.24, 2.45) is 5.92 Å². The van der Waals surface area contributed by atoms with Gasteiger partial charge in [-0.3, -0.25) is 0 Å². The van der Waals surface area contributed by atoms with Gasteiger partial charge in [-0.05, 0) is 25.3 Å². The predicted molar refractivity (Wildman–Crippen MR) is 61.1 cm³/mol. The Labute approximate surface area is 96.3 Å². The summed E-state index contributed by atoms with van der Waals surface area (Å²) >= 11 is 0. The Balaban J connectivity index is 2.60. The topological polar surface area (TPSA) is 58.8 Å². The van der Waals surface area contributed by atoms with Crippen molar-refractivity contribution in [1.82, 2.24) is 9.97 Å². The van der Waals surface area contributed by atoms with Crippen molar-refractivity contribution in [1.29, 1.82) is 5.26 Å². The average Bonchev–Trinajstić information content (AvgIpc) is 2.26. The van der Waals surface area contributed by atoms with E-state index in [0.717, 1.165) is 18.5 Å². The number of nitrogens with zero attached hydrogens (tertiary/aromatic N) is 3. The van der Waals surface area contributed by atoms with E-state index >= 15 is 0 Å². The van der Waals surface area contributed by atoms with Crippen LogP contribution in [0.3, 0.4) is 0 Å². The van der Waals surface area contributed by atoms with Crippen LogP contribution in [0.2, 0.25) is 0 Å². The zero-order valence-corrected chi connectivity index (χ0v) is 10.0. The lowest BCUT2D eigenvalue weighted by atomic mass is 10.1. The molecule has 1 heterocycles. The summed E-state index contributed by atoms with van der Waals surface area (Å²) in [6.07, 6.45) is 2.26. The van der Waals surface area contributed by atoms with Gasteiger partial charge in [0, 0.05) is 5.69 Å². The molecule has 0 radical (unpaired) electrons. The summed E-state index contributed by atoms with van der Waals surface area (Å²) < 4.78 is 5.47. The van der Waals surface area contributed by atoms with Crippen LogP contribution in [-0.2, 0) is 0 Å². The quantitative estimate of drug-likeness (QED) is 0.763. The van der Waals surface area contributed by atoms with E-state index < -0.39 is 0 Å². The van der Waals surface area contributed by atoms with Gasteiger partial charge >= 0.3 is 6.01 Å². The molecule has 4 heteroatoms. The molecule has 86 valence electrons. The number of aromatic nitrogens is 2. The van der Waals surface area contributed by atoms with Gasteiger partial charge in [-0.25, -0.2) is 4.98 Å². The highest BCUT2D eigenvalue weighted by Gasteiger charge is 2.06. The van der Waals surface area contributed by atoms with E-state index in [1.807, 2.05) is 13.0 Å². The maximum atomic E-state index is 8.75. The van der Waals surface area contributed by atoms with Crippen LogP contribution in [0, 0.1) is 24.2 Å². The van der Waals surface area contributed by atoms with Crippen LogP contribution >= 0.6 is 0 Å². The fourth-order valence-electron chi connectivity index (χ4n) is 1.46. The van der Waals surface area contributed by atoms with Crippen LogP contribution < -0.4 is 4.74 Å². The van der Waals surface area contributed by atoms with Gasteiger partial charge in [0.05, 0.1) is 6.61 Å². The maximum absolute atomic E-state index is 8.75. The molecule has 0 amide bonds. The number of ether oxygens (including phenoxy) is 1. The van der Waals surface area contributed by atoms with Gasteiger partial charge < -0.3 is 4.74 Å². The molecule has 16 heavy (non-hydrogen) atoms. The number of hydrogen-bond donors (Lipinski definition) is 0. The third-order valence-electron chi connectivity index (χ3n) is 2.23. The lowest BCUT2D eigenvalue weighted by molar-refractivity contribution is 0.233. The van der Waals surface area contributed by atoms with Crippen molar-refractivity contribution in [3.05, 3.63) is 17.5 Å². The summed E-state index contributed by atoms with van der Waals surface area (Å²) in [6, 6.07) is 3.94. The highest BCUT2D eigenvalue weighted by Crippen LogP contribution is 2.10. The Morgan fingerprint density at radius 3 is 2.88 bits per heavy atom. The molecule has 0 saturated carbocycles. The van der Waals surface area contributed by atoms with Crippen LogP contribution in [-0.4, -0.2) is 16.6 Å². The summed E-state index contributed by atoms with van der Waals surface area (Å²) in [7, 11) is 0. The molecule has 1 aromatic heterocycles. The lowest BCUT2D eigenvalue weighted by Gasteiger charge is -2.10. The van der Waals surface area contributed by atoms with E-state index in [2.05, 4.69) is 23.8 Å². The molecule has 0 bridgehead atoms. The lowest BCUT2D eigenvalue weighted by Crippen LogP contribution is -2.10. The van der Waals surface area contributed by atoms with E-state index in [1.165, 1.54) is 0 Å². The van der Waals surface area contributed by atoms with E-state index in [4.69, 9.17) is 10.00 Å². The smallest absolute Gasteiger partial charge is 0.317 e. The number of rotatable bonds is 5. The molecule has 1 atom stereocenters. The first-order valence-corrected chi connectivity index (χ1v) is 5.54. The highest BCUT2D eigenvalue weighted by molar-refractivity contribution is 5.23. The maximum Gasteiger partial charge on any atom is 0.317 e. The molecule has 0 aromatic carbocycles. The number of hydrogen-bond acceptors (Lipinski definition) is 4. The van der Waals surface area contributed by atoms with E-state index in [0.29, 0.717) is 24.2 Å². The minimum Gasteiger partial charge on any atom is -0.463 e. The fourth-order valence-corrected chi connectivity index (χ4v) is 1.46. The molecular formula is C12H17N3O. The third-order valence-corrected chi connectivity index (χ3v) is 2.23. The zero-order chi connectivity index (χ0) is 12.0. The van der Waals surface area contributed by atoms with Crippen LogP contribution in [0.5, 0.6) is 6.01 Å². The molecule has 1 aromatic rings. The first-order valence-electron chi connectivity index (χ1n) is 5.54. The van der Waals surface area contributed by atoms with Crippen LogP contribution in [0.25, 0.3) is 0 Å². The number of aryl methyl sites for hydroxylation is 1. The largest absolute Gasteiger partial charge is 0.463 e. The highest BCUT2D eigenvalue weighted by atomic mass is 16.5. The molecule has 0 aliphatic heterocycles. The second-order valence-electron chi connectivity index (χ2n) is 3.99. The standard InChI is InChI=1S/C12H17N3O/c1-4-5-9(2)8-16-12-14-10(3)6-11(7-13)15-12/h6,9H,4-5,8H2,1-3H3. The fraction of sp³-hybridized carbons (Fsp3) is 0.583. The normalized spacial score (nSPS) is 11.9. The van der Waals surface area contributed by atoms with Gasteiger partial charge in [-0.2, -0.15) is 10.2 Å². The van der Waals surface area contributed by atoms with Gasteiger partial charge in [0.15, 0.2) is 0 Å². The minimum atomic E-state index is 0.305. The van der Waals surface area contributed by atoms with E-state index in [-0.39, 0.29) is 0 Å². The summed E-state index contributed by atoms with van der Waals surface area (Å²) in [6.45, 7) is 6.70. The first kappa shape index (κ1) is 12.4. The van der Waals surface area contributed by atoms with Gasteiger partial charge in [0.25, 0.3) is 0 Å². The molecule has 0 saturated heterocycles. The van der Waals surface area contributed by atoms with E-state index in [9.17, 15) is 0 Å². The monoisotopic (exact) mass is 219 g/mol. The van der Waals surface area contributed by atoms with Gasteiger partial charge in [0.1, 0.15) is 11.8 Å². The molecule has 0 aliphatic carbocycles. The summed E-state index contributed by atoms with van der Waals surface area (Å²) in [5, 5.41) is 8.75. The third kappa shape index (κ3) is 3.85. The summed E-state index contributed by atoms with van der Waals surface area (Å²) in [5.74, 6) is 0.486. The molecule has 1 unspecified atom stereocenters. The van der Waals surface area contributed by atoms with Crippen molar-refractivity contribution in [2.75, 3.05) is 6.61 Å². The predicted octanol–water partition coefficient (Wildman–Crippen LogP) is 2.47. The SMILES string of the molecule is CCCC(C)COc1nc(C)cc(C#N)n1. The van der Waals surface area contributed by atoms with Crippen molar-refractivity contribution >= 4 is 0 Å². The number of nitriles is 1. The Bertz CT molecular complexity index is 384. The molecule has 0 spiro atoms. The minimum absolute atomic E-state index is 0.305. The van der Waals surface area contributed by atoms with Crippen molar-refractivity contribution in [3.8, 4) is 12.1 Å². The van der Waals surface area contributed by atoms with Crippen LogP contribution in [0.15, 0.2) is 6.07 Å². The molecule has 1 rings (SSSR count). The van der Waals surface area contributed by atoms with Gasteiger partial charge in [-0.1, -0.05) is 20.3 Å². The van der Waals surface area contributed by atoms with Crippen molar-refractivity contribution in [3.63, 3.8) is 0 Å². The Morgan fingerprint density at radius 2 is 2.25 bits per heavy atom. The Hall–Kier alpha value is -1.63. The molecule has 0 N–H and O–H groups in total. The van der Waals surface area contributed by atoms with Crippen molar-refractivity contribution < 1.29 is 4.74 Å². The van der Waals surface area contributed by atoms with Crippen LogP contribution in [0.1, 0.15) is 38.1 Å². The second kappa shape index (κ2) is 6.06. The van der Waals surface area contributed by atoms with Gasteiger partial charge in [-0.15, -0.1) is 0 Å².